The highest BCUT2D eigenvalue weighted by Crippen LogP contribution is 2.17. The van der Waals surface area contributed by atoms with Crippen LogP contribution in [0.2, 0.25) is 0 Å². The molecule has 14 heavy (non-hydrogen) atoms. The number of rotatable bonds is 2. The van der Waals surface area contributed by atoms with Gasteiger partial charge in [0.2, 0.25) is 5.88 Å². The van der Waals surface area contributed by atoms with E-state index in [1.807, 2.05) is 30.3 Å². The number of hydrogen-bond donors (Lipinski definition) is 1. The summed E-state index contributed by atoms with van der Waals surface area (Å²) in [5.74, 6) is 0.606. The second-order valence-electron chi connectivity index (χ2n) is 3.04. The van der Waals surface area contributed by atoms with Crippen LogP contribution in [-0.2, 0) is 6.61 Å². The third-order valence-corrected chi connectivity index (χ3v) is 2.12. The molecule has 1 heterocycles. The number of benzene rings is 1. The second-order valence-corrected chi connectivity index (χ2v) is 3.04. The Morgan fingerprint density at radius 2 is 2.14 bits per heavy atom. The lowest BCUT2D eigenvalue weighted by Gasteiger charge is -2.02. The van der Waals surface area contributed by atoms with E-state index in [0.717, 1.165) is 16.5 Å². The van der Waals surface area contributed by atoms with Gasteiger partial charge in [-0.05, 0) is 23.8 Å². The molecule has 72 valence electrons. The van der Waals surface area contributed by atoms with Gasteiger partial charge in [0.1, 0.15) is 0 Å². The number of fused-ring (bicyclic) bond motifs is 1. The van der Waals surface area contributed by atoms with Crippen molar-refractivity contribution >= 4 is 10.9 Å². The largest absolute Gasteiger partial charge is 0.481 e. The Morgan fingerprint density at radius 3 is 2.86 bits per heavy atom. The zero-order chi connectivity index (χ0) is 9.97. The van der Waals surface area contributed by atoms with Crippen LogP contribution in [0.3, 0.4) is 0 Å². The normalized spacial score (nSPS) is 10.4. The molecular formula is C11H11NO2. The summed E-state index contributed by atoms with van der Waals surface area (Å²) < 4.78 is 5.02. The van der Waals surface area contributed by atoms with Crippen LogP contribution in [0.4, 0.5) is 0 Å². The van der Waals surface area contributed by atoms with Gasteiger partial charge in [-0.1, -0.05) is 6.07 Å². The predicted octanol–water partition coefficient (Wildman–Crippen LogP) is 1.74. The van der Waals surface area contributed by atoms with Gasteiger partial charge in [-0.3, -0.25) is 0 Å². The van der Waals surface area contributed by atoms with Crippen LogP contribution in [0.1, 0.15) is 5.56 Å². The molecule has 0 amide bonds. The summed E-state index contributed by atoms with van der Waals surface area (Å²) in [4.78, 5) is 4.27. The molecule has 0 saturated heterocycles. The standard InChI is InChI=1S/C11H11NO2/c1-14-11-5-3-9-6-8(7-13)2-4-10(9)12-11/h2-6,13H,7H2,1H3. The first-order chi connectivity index (χ1) is 6.83. The van der Waals surface area contributed by atoms with Gasteiger partial charge in [-0.2, -0.15) is 0 Å². The van der Waals surface area contributed by atoms with Gasteiger partial charge >= 0.3 is 0 Å². The second kappa shape index (κ2) is 3.64. The van der Waals surface area contributed by atoms with Gasteiger partial charge in [0.25, 0.3) is 0 Å². The first-order valence-corrected chi connectivity index (χ1v) is 4.38. The number of aliphatic hydroxyl groups excluding tert-OH is 1. The maximum absolute atomic E-state index is 8.95. The van der Waals surface area contributed by atoms with Crippen molar-refractivity contribution in [1.29, 1.82) is 0 Å². The summed E-state index contributed by atoms with van der Waals surface area (Å²) in [5, 5.41) is 9.96. The van der Waals surface area contributed by atoms with Crippen molar-refractivity contribution in [3.8, 4) is 5.88 Å². The molecule has 0 atom stereocenters. The average Bonchev–Trinajstić information content (AvgIpc) is 2.27. The summed E-state index contributed by atoms with van der Waals surface area (Å²) in [6.45, 7) is 0.0575. The highest BCUT2D eigenvalue weighted by molar-refractivity contribution is 5.79. The molecule has 0 spiro atoms. The summed E-state index contributed by atoms with van der Waals surface area (Å²) in [5.41, 5.74) is 1.77. The molecule has 2 aromatic rings. The van der Waals surface area contributed by atoms with E-state index >= 15 is 0 Å². The number of aliphatic hydroxyl groups is 1. The van der Waals surface area contributed by atoms with Crippen LogP contribution in [0.15, 0.2) is 30.3 Å². The van der Waals surface area contributed by atoms with Crippen molar-refractivity contribution in [2.24, 2.45) is 0 Å². The highest BCUT2D eigenvalue weighted by Gasteiger charge is 1.98. The van der Waals surface area contributed by atoms with Crippen molar-refractivity contribution in [1.82, 2.24) is 4.98 Å². The topological polar surface area (TPSA) is 42.4 Å². The van der Waals surface area contributed by atoms with Crippen molar-refractivity contribution < 1.29 is 9.84 Å². The molecule has 0 unspecified atom stereocenters. The number of nitrogens with zero attached hydrogens (tertiary/aromatic N) is 1. The number of pyridine rings is 1. The van der Waals surface area contributed by atoms with E-state index in [1.165, 1.54) is 0 Å². The molecular weight excluding hydrogens is 178 g/mol. The quantitative estimate of drug-likeness (QED) is 0.782. The molecule has 0 fully saturated rings. The number of hydrogen-bond acceptors (Lipinski definition) is 3. The molecule has 1 aromatic carbocycles. The van der Waals surface area contributed by atoms with Crippen LogP contribution in [0.25, 0.3) is 10.9 Å². The SMILES string of the molecule is COc1ccc2cc(CO)ccc2n1. The van der Waals surface area contributed by atoms with E-state index < -0.39 is 0 Å². The molecule has 0 aliphatic heterocycles. The number of methoxy groups -OCH3 is 1. The fraction of sp³-hybridized carbons (Fsp3) is 0.182. The minimum Gasteiger partial charge on any atom is -0.481 e. The number of ether oxygens (including phenoxy) is 1. The number of aromatic nitrogens is 1. The van der Waals surface area contributed by atoms with Gasteiger partial charge in [0.05, 0.1) is 19.2 Å². The summed E-state index contributed by atoms with van der Waals surface area (Å²) in [7, 11) is 1.59. The monoisotopic (exact) mass is 189 g/mol. The maximum atomic E-state index is 8.95. The lowest BCUT2D eigenvalue weighted by Crippen LogP contribution is -1.89. The predicted molar refractivity (Wildman–Crippen MR) is 54.2 cm³/mol. The smallest absolute Gasteiger partial charge is 0.213 e. The maximum Gasteiger partial charge on any atom is 0.213 e. The van der Waals surface area contributed by atoms with Gasteiger partial charge in [0.15, 0.2) is 0 Å². The average molecular weight is 189 g/mol. The fourth-order valence-electron chi connectivity index (χ4n) is 1.37. The Balaban J connectivity index is 2.57. The van der Waals surface area contributed by atoms with E-state index in [-0.39, 0.29) is 6.61 Å². The lowest BCUT2D eigenvalue weighted by molar-refractivity contribution is 0.282. The highest BCUT2D eigenvalue weighted by atomic mass is 16.5. The van der Waals surface area contributed by atoms with Crippen molar-refractivity contribution in [3.05, 3.63) is 35.9 Å². The van der Waals surface area contributed by atoms with Crippen LogP contribution in [0, 0.1) is 0 Å². The van der Waals surface area contributed by atoms with Crippen molar-refractivity contribution in [2.45, 2.75) is 6.61 Å². The molecule has 0 radical (unpaired) electrons. The molecule has 1 aromatic heterocycles. The minimum absolute atomic E-state index is 0.0575. The Labute approximate surface area is 82.0 Å². The van der Waals surface area contributed by atoms with Gasteiger partial charge in [-0.25, -0.2) is 4.98 Å². The van der Waals surface area contributed by atoms with Crippen LogP contribution in [-0.4, -0.2) is 17.2 Å². The Morgan fingerprint density at radius 1 is 1.29 bits per heavy atom. The van der Waals surface area contributed by atoms with Crippen LogP contribution >= 0.6 is 0 Å². The van der Waals surface area contributed by atoms with Gasteiger partial charge < -0.3 is 9.84 Å². The summed E-state index contributed by atoms with van der Waals surface area (Å²) in [6.07, 6.45) is 0. The van der Waals surface area contributed by atoms with Gasteiger partial charge in [0, 0.05) is 11.5 Å². The zero-order valence-electron chi connectivity index (χ0n) is 7.90. The Kier molecular flexibility index (Phi) is 2.33. The molecule has 0 aliphatic carbocycles. The third kappa shape index (κ3) is 1.54. The molecule has 3 nitrogen and oxygen atoms in total. The van der Waals surface area contributed by atoms with Crippen molar-refractivity contribution in [2.75, 3.05) is 7.11 Å². The molecule has 0 bridgehead atoms. The van der Waals surface area contributed by atoms with E-state index in [4.69, 9.17) is 9.84 Å². The molecule has 1 N–H and O–H groups in total. The summed E-state index contributed by atoms with van der Waals surface area (Å²) >= 11 is 0. The first-order valence-electron chi connectivity index (χ1n) is 4.38. The fourth-order valence-corrected chi connectivity index (χ4v) is 1.37. The first kappa shape index (κ1) is 8.97. The minimum atomic E-state index is 0.0575. The van der Waals surface area contributed by atoms with E-state index in [1.54, 1.807) is 7.11 Å². The lowest BCUT2D eigenvalue weighted by atomic mass is 10.1. The van der Waals surface area contributed by atoms with E-state index in [9.17, 15) is 0 Å². The van der Waals surface area contributed by atoms with Crippen LogP contribution < -0.4 is 4.74 Å². The van der Waals surface area contributed by atoms with E-state index in [0.29, 0.717) is 5.88 Å². The zero-order valence-corrected chi connectivity index (χ0v) is 7.90. The summed E-state index contributed by atoms with van der Waals surface area (Å²) in [6, 6.07) is 9.39. The van der Waals surface area contributed by atoms with E-state index in [2.05, 4.69) is 4.98 Å². The third-order valence-electron chi connectivity index (χ3n) is 2.12. The van der Waals surface area contributed by atoms with Gasteiger partial charge in [-0.15, -0.1) is 0 Å². The Hall–Kier alpha value is -1.61. The molecule has 0 saturated carbocycles. The molecule has 3 heteroatoms. The van der Waals surface area contributed by atoms with Crippen LogP contribution in [0.5, 0.6) is 5.88 Å². The van der Waals surface area contributed by atoms with Crippen molar-refractivity contribution in [3.63, 3.8) is 0 Å². The molecule has 2 rings (SSSR count). The Bertz CT molecular complexity index is 411. The molecule has 0 aliphatic rings.